The van der Waals surface area contributed by atoms with Crippen molar-refractivity contribution in [1.82, 2.24) is 25.5 Å². The van der Waals surface area contributed by atoms with Gasteiger partial charge < -0.3 is 15.5 Å². The van der Waals surface area contributed by atoms with Crippen LogP contribution in [0.25, 0.3) is 5.57 Å². The number of allylic oxidation sites excluding steroid dienone is 6. The summed E-state index contributed by atoms with van der Waals surface area (Å²) < 4.78 is 15.7. The van der Waals surface area contributed by atoms with Gasteiger partial charge in [-0.2, -0.15) is 0 Å². The number of nitrogens with one attached hydrogen (secondary N) is 2. The highest BCUT2D eigenvalue weighted by Gasteiger charge is 2.31. The molecule has 2 aromatic rings. The summed E-state index contributed by atoms with van der Waals surface area (Å²) in [4.78, 5) is 44.4. The second kappa shape index (κ2) is 16.8. The number of rotatable bonds is 9. The second-order valence-corrected chi connectivity index (χ2v) is 14.8. The molecule has 3 aliphatic heterocycles. The summed E-state index contributed by atoms with van der Waals surface area (Å²) in [6, 6.07) is 8.39. The van der Waals surface area contributed by atoms with E-state index in [1.165, 1.54) is 0 Å². The molecule has 2 saturated heterocycles. The Balaban J connectivity index is 0.848. The van der Waals surface area contributed by atoms with Crippen molar-refractivity contribution >= 4 is 29.4 Å². The summed E-state index contributed by atoms with van der Waals surface area (Å²) in [5, 5.41) is 6.44. The van der Waals surface area contributed by atoms with Crippen LogP contribution >= 0.6 is 0 Å². The zero-order chi connectivity index (χ0) is 35.9. The van der Waals surface area contributed by atoms with E-state index in [2.05, 4.69) is 55.5 Å². The van der Waals surface area contributed by atoms with Crippen molar-refractivity contribution in [1.29, 1.82) is 0 Å². The lowest BCUT2D eigenvalue weighted by molar-refractivity contribution is -0.119. The number of aliphatic imine (C=N–C) groups is 1. The number of likely N-dealkylation sites (tertiary alicyclic amines) is 1. The average Bonchev–Trinajstić information content (AvgIpc) is 3.38. The SMILES string of the molecule is CC1CC=C(c2cccnc2)C=C1C(=O)NC1CCN(c2ccc(CN3CCC(NC(=O)C4=C(F)C(C5C=CN=CC5)CCC=C4)CC3)cn2)CC1. The first kappa shape index (κ1) is 35.7. The number of hydrogen-bond acceptors (Lipinski definition) is 7. The number of amides is 2. The highest BCUT2D eigenvalue weighted by molar-refractivity contribution is 5.98. The maximum atomic E-state index is 15.7. The van der Waals surface area contributed by atoms with E-state index in [9.17, 15) is 9.59 Å². The summed E-state index contributed by atoms with van der Waals surface area (Å²) >= 11 is 0. The Kier molecular flexibility index (Phi) is 11.5. The normalized spacial score (nSPS) is 24.7. The van der Waals surface area contributed by atoms with Crippen LogP contribution in [0.4, 0.5) is 10.2 Å². The maximum Gasteiger partial charge on any atom is 0.254 e. The Labute approximate surface area is 306 Å². The number of hydrogen-bond donors (Lipinski definition) is 2. The van der Waals surface area contributed by atoms with Crippen LogP contribution in [0.3, 0.4) is 0 Å². The van der Waals surface area contributed by atoms with E-state index in [1.54, 1.807) is 18.5 Å². The van der Waals surface area contributed by atoms with Crippen LogP contribution in [-0.4, -0.2) is 71.2 Å². The summed E-state index contributed by atoms with van der Waals surface area (Å²) in [5.41, 5.74) is 4.28. The van der Waals surface area contributed by atoms with Gasteiger partial charge in [-0.05, 0) is 98.1 Å². The summed E-state index contributed by atoms with van der Waals surface area (Å²) in [5.74, 6) is 0.335. The Bertz CT molecular complexity index is 1760. The minimum atomic E-state index is -0.303. The molecular weight excluding hydrogens is 654 g/mol. The van der Waals surface area contributed by atoms with E-state index < -0.39 is 0 Å². The van der Waals surface area contributed by atoms with Gasteiger partial charge in [0.25, 0.3) is 5.91 Å². The van der Waals surface area contributed by atoms with Gasteiger partial charge in [-0.1, -0.05) is 43.4 Å². The molecule has 3 unspecified atom stereocenters. The van der Waals surface area contributed by atoms with E-state index in [-0.39, 0.29) is 53.1 Å². The van der Waals surface area contributed by atoms with Crippen LogP contribution in [-0.2, 0) is 16.1 Å². The van der Waals surface area contributed by atoms with Crippen LogP contribution < -0.4 is 15.5 Å². The molecule has 2 N–H and O–H groups in total. The molecule has 2 fully saturated rings. The number of anilines is 1. The average molecular weight is 704 g/mol. The molecular formula is C42H50FN7O2. The summed E-state index contributed by atoms with van der Waals surface area (Å²) in [6.45, 7) is 6.31. The topological polar surface area (TPSA) is 103 Å². The standard InChI is InChI=1S/C42H50FN7O2/c1-29-8-10-32(33-5-4-18-45-27-33)25-38(29)42(52)48-35-16-23-50(24-17-35)39-11-9-30(26-46-39)28-49-21-14-34(15-22-49)47-41(51)37-7-3-2-6-36(40(37)43)31-12-19-44-20-13-31/h3-5,7,9-12,18-20,25-27,29,31,34-36H,2,6,8,13-17,21-24,28H2,1H3,(H,47,51)(H,48,52). The van der Waals surface area contributed by atoms with Gasteiger partial charge in [0.1, 0.15) is 11.6 Å². The van der Waals surface area contributed by atoms with Gasteiger partial charge in [0, 0.05) is 87.3 Å². The molecule has 5 heterocycles. The number of piperidine rings is 2. The van der Waals surface area contributed by atoms with E-state index >= 15 is 4.39 Å². The first-order valence-electron chi connectivity index (χ1n) is 19.0. The van der Waals surface area contributed by atoms with Crippen LogP contribution in [0.5, 0.6) is 0 Å². The van der Waals surface area contributed by atoms with Gasteiger partial charge >= 0.3 is 0 Å². The lowest BCUT2D eigenvalue weighted by Crippen LogP contribution is -2.45. The third kappa shape index (κ3) is 8.66. The summed E-state index contributed by atoms with van der Waals surface area (Å²) in [6.07, 6.45) is 25.3. The molecule has 0 spiro atoms. The first-order chi connectivity index (χ1) is 25.4. The Hall–Kier alpha value is -4.70. The molecule has 2 aliphatic carbocycles. The number of aromatic nitrogens is 2. The molecule has 10 heteroatoms. The molecule has 0 radical (unpaired) electrons. The Morgan fingerprint density at radius 3 is 2.44 bits per heavy atom. The molecule has 7 rings (SSSR count). The lowest BCUT2D eigenvalue weighted by atomic mass is 9.84. The fourth-order valence-corrected chi connectivity index (χ4v) is 8.05. The number of nitrogens with zero attached hydrogens (tertiary/aromatic N) is 5. The number of carbonyl (C=O) groups excluding carboxylic acids is 2. The maximum absolute atomic E-state index is 15.7. The zero-order valence-electron chi connectivity index (χ0n) is 30.1. The predicted molar refractivity (Wildman–Crippen MR) is 204 cm³/mol. The fourth-order valence-electron chi connectivity index (χ4n) is 8.05. The van der Waals surface area contributed by atoms with Crippen LogP contribution in [0.1, 0.15) is 69.4 Å². The van der Waals surface area contributed by atoms with Gasteiger partial charge in [0.05, 0.1) is 5.57 Å². The Morgan fingerprint density at radius 1 is 0.942 bits per heavy atom. The third-order valence-corrected chi connectivity index (χ3v) is 11.3. The van der Waals surface area contributed by atoms with Crippen LogP contribution in [0.15, 0.2) is 101 Å². The van der Waals surface area contributed by atoms with Gasteiger partial charge in [-0.25, -0.2) is 9.37 Å². The minimum Gasteiger partial charge on any atom is -0.356 e. The zero-order valence-corrected chi connectivity index (χ0v) is 30.1. The van der Waals surface area contributed by atoms with Crippen molar-refractivity contribution in [2.75, 3.05) is 31.1 Å². The van der Waals surface area contributed by atoms with Crippen molar-refractivity contribution in [2.24, 2.45) is 22.7 Å². The summed E-state index contributed by atoms with van der Waals surface area (Å²) in [7, 11) is 0. The highest BCUT2D eigenvalue weighted by Crippen LogP contribution is 2.35. The number of halogens is 1. The second-order valence-electron chi connectivity index (χ2n) is 14.8. The third-order valence-electron chi connectivity index (χ3n) is 11.3. The van der Waals surface area contributed by atoms with Gasteiger partial charge in [-0.15, -0.1) is 0 Å². The first-order valence-corrected chi connectivity index (χ1v) is 19.0. The molecule has 0 saturated carbocycles. The van der Waals surface area contributed by atoms with E-state index in [1.807, 2.05) is 49.0 Å². The molecule has 52 heavy (non-hydrogen) atoms. The van der Waals surface area contributed by atoms with E-state index in [0.717, 1.165) is 99.3 Å². The van der Waals surface area contributed by atoms with Crippen LogP contribution in [0, 0.1) is 17.8 Å². The molecule has 0 aromatic carbocycles. The molecule has 0 bridgehead atoms. The van der Waals surface area contributed by atoms with Crippen LogP contribution in [0.2, 0.25) is 0 Å². The molecule has 2 aromatic heterocycles. The molecule has 9 nitrogen and oxygen atoms in total. The molecule has 3 atom stereocenters. The molecule has 272 valence electrons. The van der Waals surface area contributed by atoms with Crippen molar-refractivity contribution in [3.05, 3.63) is 108 Å². The Morgan fingerprint density at radius 2 is 1.73 bits per heavy atom. The smallest absolute Gasteiger partial charge is 0.254 e. The quantitative estimate of drug-likeness (QED) is 0.310. The number of carbonyl (C=O) groups is 2. The van der Waals surface area contributed by atoms with Crippen molar-refractivity contribution in [3.63, 3.8) is 0 Å². The molecule has 5 aliphatic rings. The van der Waals surface area contributed by atoms with Gasteiger partial charge in [0.15, 0.2) is 0 Å². The fraction of sp³-hybridized carbons (Fsp3) is 0.452. The predicted octanol–water partition coefficient (Wildman–Crippen LogP) is 6.49. The van der Waals surface area contributed by atoms with Gasteiger partial charge in [0.2, 0.25) is 5.91 Å². The molecule has 2 amide bonds. The van der Waals surface area contributed by atoms with Crippen molar-refractivity contribution in [2.45, 2.75) is 76.9 Å². The van der Waals surface area contributed by atoms with Gasteiger partial charge in [-0.3, -0.25) is 24.5 Å². The van der Waals surface area contributed by atoms with Crippen molar-refractivity contribution < 1.29 is 14.0 Å². The lowest BCUT2D eigenvalue weighted by Gasteiger charge is -2.34. The highest BCUT2D eigenvalue weighted by atomic mass is 19.1. The van der Waals surface area contributed by atoms with E-state index in [4.69, 9.17) is 4.98 Å². The van der Waals surface area contributed by atoms with E-state index in [0.29, 0.717) is 12.8 Å². The van der Waals surface area contributed by atoms with Crippen molar-refractivity contribution in [3.8, 4) is 0 Å². The minimum absolute atomic E-state index is 0.0259. The monoisotopic (exact) mass is 703 g/mol. The number of pyridine rings is 2. The largest absolute Gasteiger partial charge is 0.356 e.